The first-order chi connectivity index (χ1) is 12.3. The Morgan fingerprint density at radius 3 is 1.96 bits per heavy atom. The molecule has 0 bridgehead atoms. The van der Waals surface area contributed by atoms with Crippen molar-refractivity contribution in [1.82, 2.24) is 0 Å². The second-order valence-corrected chi connectivity index (χ2v) is 6.41. The molecule has 0 radical (unpaired) electrons. The zero-order chi connectivity index (χ0) is 16.8. The normalized spacial score (nSPS) is 11.4. The van der Waals surface area contributed by atoms with Gasteiger partial charge in [-0.3, -0.25) is 0 Å². The van der Waals surface area contributed by atoms with Crippen LogP contribution < -0.4 is 0 Å². The molecule has 0 unspecified atom stereocenters. The van der Waals surface area contributed by atoms with E-state index in [1.54, 1.807) is 6.07 Å². The molecule has 118 valence electrons. The van der Waals surface area contributed by atoms with E-state index in [-0.39, 0.29) is 0 Å². The molecule has 0 heterocycles. The number of hydrogen-bond donors (Lipinski definition) is 1. The number of phenolic OH excluding ortho intramolecular Hbond substituents is 1. The summed E-state index contributed by atoms with van der Waals surface area (Å²) in [5.41, 5.74) is 1.94. The van der Waals surface area contributed by atoms with Crippen LogP contribution in [0, 0.1) is 0 Å². The van der Waals surface area contributed by atoms with Gasteiger partial charge in [0.2, 0.25) is 0 Å². The maximum Gasteiger partial charge on any atom is 0.123 e. The molecule has 0 aromatic heterocycles. The second kappa shape index (κ2) is 5.35. The molecule has 0 aliphatic rings. The predicted molar refractivity (Wildman–Crippen MR) is 106 cm³/mol. The van der Waals surface area contributed by atoms with E-state index in [9.17, 15) is 5.11 Å². The third-order valence-corrected chi connectivity index (χ3v) is 4.92. The van der Waals surface area contributed by atoms with Crippen molar-refractivity contribution < 1.29 is 5.11 Å². The predicted octanol–water partition coefficient (Wildman–Crippen LogP) is 6.52. The van der Waals surface area contributed by atoms with Crippen molar-refractivity contribution in [3.8, 4) is 16.9 Å². The van der Waals surface area contributed by atoms with Gasteiger partial charge in [-0.15, -0.1) is 0 Å². The fourth-order valence-electron chi connectivity index (χ4n) is 3.73. The van der Waals surface area contributed by atoms with Crippen molar-refractivity contribution in [2.24, 2.45) is 0 Å². The number of benzene rings is 5. The monoisotopic (exact) mass is 320 g/mol. The lowest BCUT2D eigenvalue weighted by molar-refractivity contribution is 0.477. The van der Waals surface area contributed by atoms with Crippen LogP contribution in [-0.4, -0.2) is 5.11 Å². The lowest BCUT2D eigenvalue weighted by Gasteiger charge is -2.12. The van der Waals surface area contributed by atoms with E-state index in [0.29, 0.717) is 5.75 Å². The fraction of sp³-hybridized carbons (Fsp3) is 0. The van der Waals surface area contributed by atoms with Crippen LogP contribution in [-0.2, 0) is 0 Å². The summed E-state index contributed by atoms with van der Waals surface area (Å²) in [6.07, 6.45) is 0. The first kappa shape index (κ1) is 14.1. The van der Waals surface area contributed by atoms with Crippen LogP contribution in [0.5, 0.6) is 5.75 Å². The molecule has 0 spiro atoms. The Hall–Kier alpha value is -3.32. The molecule has 0 atom stereocenters. The SMILES string of the molecule is Oc1ccccc1-c1cccc2ccc3cc4ccccc4cc3c12. The number of hydrogen-bond acceptors (Lipinski definition) is 1. The van der Waals surface area contributed by atoms with E-state index in [4.69, 9.17) is 0 Å². The van der Waals surface area contributed by atoms with Gasteiger partial charge in [-0.2, -0.15) is 0 Å². The standard InChI is InChI=1S/C24H16O/c25-23-11-4-3-9-20(23)21-10-5-8-16-12-13-19-14-17-6-1-2-7-18(17)15-22(19)24(16)21/h1-15,25H. The Kier molecular flexibility index (Phi) is 3.01. The van der Waals surface area contributed by atoms with Crippen molar-refractivity contribution in [2.45, 2.75) is 0 Å². The van der Waals surface area contributed by atoms with Gasteiger partial charge in [0, 0.05) is 5.56 Å². The fourth-order valence-corrected chi connectivity index (χ4v) is 3.73. The molecule has 1 nitrogen and oxygen atoms in total. The van der Waals surface area contributed by atoms with E-state index >= 15 is 0 Å². The van der Waals surface area contributed by atoms with Crippen LogP contribution in [0.25, 0.3) is 43.4 Å². The highest BCUT2D eigenvalue weighted by atomic mass is 16.3. The summed E-state index contributed by atoms with van der Waals surface area (Å²) >= 11 is 0. The average Bonchev–Trinajstić information content (AvgIpc) is 2.66. The molecule has 5 aromatic carbocycles. The van der Waals surface area contributed by atoms with Gasteiger partial charge in [-0.1, -0.05) is 72.8 Å². The molecular formula is C24H16O. The van der Waals surface area contributed by atoms with Gasteiger partial charge in [0.05, 0.1) is 0 Å². The molecular weight excluding hydrogens is 304 g/mol. The lowest BCUT2D eigenvalue weighted by atomic mass is 9.92. The van der Waals surface area contributed by atoms with Gasteiger partial charge in [-0.25, -0.2) is 0 Å². The number of rotatable bonds is 1. The molecule has 25 heavy (non-hydrogen) atoms. The van der Waals surface area contributed by atoms with Crippen molar-refractivity contribution in [2.75, 3.05) is 0 Å². The van der Waals surface area contributed by atoms with Gasteiger partial charge in [0.1, 0.15) is 5.75 Å². The Morgan fingerprint density at radius 1 is 0.480 bits per heavy atom. The highest BCUT2D eigenvalue weighted by Crippen LogP contribution is 2.38. The summed E-state index contributed by atoms with van der Waals surface area (Å²) in [7, 11) is 0. The third kappa shape index (κ3) is 2.17. The van der Waals surface area contributed by atoms with E-state index in [0.717, 1.165) is 11.1 Å². The largest absolute Gasteiger partial charge is 0.507 e. The molecule has 0 fully saturated rings. The van der Waals surface area contributed by atoms with E-state index in [1.165, 1.54) is 32.3 Å². The summed E-state index contributed by atoms with van der Waals surface area (Å²) < 4.78 is 0. The van der Waals surface area contributed by atoms with Crippen molar-refractivity contribution in [3.63, 3.8) is 0 Å². The molecule has 0 aliphatic carbocycles. The van der Waals surface area contributed by atoms with Gasteiger partial charge in [0.15, 0.2) is 0 Å². The molecule has 0 saturated heterocycles. The number of fused-ring (bicyclic) bond motifs is 4. The molecule has 5 rings (SSSR count). The summed E-state index contributed by atoms with van der Waals surface area (Å²) in [6.45, 7) is 0. The summed E-state index contributed by atoms with van der Waals surface area (Å²) in [6, 6.07) is 31.1. The first-order valence-electron chi connectivity index (χ1n) is 8.44. The van der Waals surface area contributed by atoms with Crippen LogP contribution in [0.1, 0.15) is 0 Å². The summed E-state index contributed by atoms with van der Waals surface area (Å²) in [5.74, 6) is 0.313. The summed E-state index contributed by atoms with van der Waals surface area (Å²) in [5, 5.41) is 17.6. The molecule has 0 saturated carbocycles. The Balaban J connectivity index is 1.97. The van der Waals surface area contributed by atoms with Crippen LogP contribution >= 0.6 is 0 Å². The van der Waals surface area contributed by atoms with Crippen molar-refractivity contribution in [3.05, 3.63) is 91.0 Å². The smallest absolute Gasteiger partial charge is 0.123 e. The van der Waals surface area contributed by atoms with E-state index < -0.39 is 0 Å². The number of para-hydroxylation sites is 1. The van der Waals surface area contributed by atoms with Crippen LogP contribution in [0.2, 0.25) is 0 Å². The van der Waals surface area contributed by atoms with E-state index in [2.05, 4.69) is 66.7 Å². The maximum atomic E-state index is 10.4. The van der Waals surface area contributed by atoms with E-state index in [1.807, 2.05) is 18.2 Å². The highest BCUT2D eigenvalue weighted by Gasteiger charge is 2.11. The van der Waals surface area contributed by atoms with Gasteiger partial charge in [0.25, 0.3) is 0 Å². The minimum absolute atomic E-state index is 0.313. The molecule has 0 aliphatic heterocycles. The highest BCUT2D eigenvalue weighted by molar-refractivity contribution is 6.17. The van der Waals surface area contributed by atoms with Crippen LogP contribution in [0.3, 0.4) is 0 Å². The molecule has 0 amide bonds. The number of phenols is 1. The first-order valence-corrected chi connectivity index (χ1v) is 8.44. The lowest BCUT2D eigenvalue weighted by Crippen LogP contribution is -1.85. The minimum Gasteiger partial charge on any atom is -0.507 e. The van der Waals surface area contributed by atoms with Crippen molar-refractivity contribution >= 4 is 32.3 Å². The maximum absolute atomic E-state index is 10.4. The van der Waals surface area contributed by atoms with Crippen LogP contribution in [0.15, 0.2) is 91.0 Å². The molecule has 5 aromatic rings. The summed E-state index contributed by atoms with van der Waals surface area (Å²) in [4.78, 5) is 0. The van der Waals surface area contributed by atoms with Crippen molar-refractivity contribution in [1.29, 1.82) is 0 Å². The zero-order valence-electron chi connectivity index (χ0n) is 13.6. The average molecular weight is 320 g/mol. The third-order valence-electron chi connectivity index (χ3n) is 4.92. The second-order valence-electron chi connectivity index (χ2n) is 6.41. The number of aromatic hydroxyl groups is 1. The Morgan fingerprint density at radius 2 is 1.12 bits per heavy atom. The van der Waals surface area contributed by atoms with Gasteiger partial charge in [-0.05, 0) is 56.1 Å². The molecule has 1 heteroatoms. The van der Waals surface area contributed by atoms with Gasteiger partial charge < -0.3 is 5.11 Å². The Labute approximate surface area is 145 Å². The Bertz CT molecular complexity index is 1250. The van der Waals surface area contributed by atoms with Crippen LogP contribution in [0.4, 0.5) is 0 Å². The quantitative estimate of drug-likeness (QED) is 0.275. The molecule has 1 N–H and O–H groups in total. The topological polar surface area (TPSA) is 20.2 Å². The van der Waals surface area contributed by atoms with Gasteiger partial charge >= 0.3 is 0 Å². The minimum atomic E-state index is 0.313. The zero-order valence-corrected chi connectivity index (χ0v) is 13.6.